The molecular weight excluding hydrogens is 749 g/mol. The summed E-state index contributed by atoms with van der Waals surface area (Å²) in [6.07, 6.45) is 0. The molecule has 62 heavy (non-hydrogen) atoms. The Morgan fingerprint density at radius 1 is 0.258 bits per heavy atom. The summed E-state index contributed by atoms with van der Waals surface area (Å²) < 4.78 is 4.94. The quantitative estimate of drug-likeness (QED) is 0.168. The zero-order chi connectivity index (χ0) is 40.5. The molecule has 0 radical (unpaired) electrons. The lowest BCUT2D eigenvalue weighted by atomic mass is 9.91. The van der Waals surface area contributed by atoms with Gasteiger partial charge in [0, 0.05) is 38.0 Å². The van der Waals surface area contributed by atoms with Gasteiger partial charge in [-0.05, 0) is 109 Å². The smallest absolute Gasteiger partial charge is 0.0619 e. The van der Waals surface area contributed by atoms with Gasteiger partial charge in [-0.2, -0.15) is 0 Å². The topological polar surface area (TPSA) is 9.86 Å². The van der Waals surface area contributed by atoms with E-state index in [9.17, 15) is 0 Å². The monoisotopic (exact) mass is 784 g/mol. The standard InChI is InChI=1S/C60H36N2/c1-2-14-40(15-3-1)61-55-25-9-8-19-48(55)49-30-28-39(36-58(49)61)38-29-34-57-54(35-38)53-31-27-37-13-4-5-16-41(37)60(53)62(57)56-26-12-21-43-42(20-10-22-47(43)56)46-32-33-52-45-18-7-6-17-44(45)50-23-11-24-51(46)59(50)52/h1-36H. The highest BCUT2D eigenvalue weighted by Gasteiger charge is 2.24. The molecule has 0 fully saturated rings. The Balaban J connectivity index is 0.997. The number of aromatic nitrogens is 2. The van der Waals surface area contributed by atoms with Crippen LogP contribution in [0.1, 0.15) is 0 Å². The Morgan fingerprint density at radius 3 is 1.73 bits per heavy atom. The molecule has 286 valence electrons. The second-order valence-corrected chi connectivity index (χ2v) is 16.8. The minimum Gasteiger partial charge on any atom is -0.309 e. The number of para-hydroxylation sites is 2. The predicted molar refractivity (Wildman–Crippen MR) is 263 cm³/mol. The van der Waals surface area contributed by atoms with Crippen molar-refractivity contribution in [2.24, 2.45) is 0 Å². The van der Waals surface area contributed by atoms with Gasteiger partial charge in [0.15, 0.2) is 0 Å². The highest BCUT2D eigenvalue weighted by molar-refractivity contribution is 6.22. The lowest BCUT2D eigenvalue weighted by Gasteiger charge is -2.16. The van der Waals surface area contributed by atoms with E-state index in [0.717, 1.165) is 0 Å². The van der Waals surface area contributed by atoms with E-state index in [1.165, 1.54) is 132 Å². The molecule has 0 amide bonds. The summed E-state index contributed by atoms with van der Waals surface area (Å²) in [6.45, 7) is 0. The van der Waals surface area contributed by atoms with Crippen LogP contribution in [0.15, 0.2) is 218 Å². The number of rotatable bonds is 4. The van der Waals surface area contributed by atoms with Crippen LogP contribution in [0.2, 0.25) is 0 Å². The zero-order valence-electron chi connectivity index (χ0n) is 33.7. The summed E-state index contributed by atoms with van der Waals surface area (Å²) in [5.74, 6) is 0. The summed E-state index contributed by atoms with van der Waals surface area (Å²) in [5, 5.41) is 12.6. The van der Waals surface area contributed by atoms with Crippen molar-refractivity contribution in [2.75, 3.05) is 0 Å². The van der Waals surface area contributed by atoms with E-state index in [1.54, 1.807) is 0 Å². The van der Waals surface area contributed by atoms with Crippen LogP contribution in [-0.2, 0) is 0 Å². The summed E-state index contributed by atoms with van der Waals surface area (Å²) in [7, 11) is 0. The molecule has 0 unspecified atom stereocenters. The molecular formula is C60H36N2. The van der Waals surface area contributed by atoms with Crippen LogP contribution in [0, 0.1) is 0 Å². The van der Waals surface area contributed by atoms with Gasteiger partial charge in [-0.3, -0.25) is 0 Å². The average molecular weight is 785 g/mol. The van der Waals surface area contributed by atoms with Gasteiger partial charge in [0.2, 0.25) is 0 Å². The number of fused-ring (bicyclic) bond motifs is 12. The third-order valence-electron chi connectivity index (χ3n) is 13.7. The first kappa shape index (κ1) is 33.6. The van der Waals surface area contributed by atoms with Gasteiger partial charge in [-0.25, -0.2) is 0 Å². The molecule has 2 heterocycles. The molecule has 0 saturated heterocycles. The van der Waals surface area contributed by atoms with Gasteiger partial charge in [0.05, 0.1) is 27.8 Å². The Hall–Kier alpha value is -8.20. The molecule has 2 nitrogen and oxygen atoms in total. The third kappa shape index (κ3) is 4.58. The molecule has 14 rings (SSSR count). The summed E-state index contributed by atoms with van der Waals surface area (Å²) >= 11 is 0. The number of hydrogen-bond donors (Lipinski definition) is 0. The van der Waals surface area contributed by atoms with Crippen LogP contribution in [0.5, 0.6) is 0 Å². The predicted octanol–water partition coefficient (Wildman–Crippen LogP) is 16.3. The van der Waals surface area contributed by atoms with Gasteiger partial charge >= 0.3 is 0 Å². The van der Waals surface area contributed by atoms with Crippen LogP contribution in [-0.4, -0.2) is 9.13 Å². The van der Waals surface area contributed by atoms with E-state index >= 15 is 0 Å². The molecule has 0 atom stereocenters. The van der Waals surface area contributed by atoms with E-state index in [4.69, 9.17) is 0 Å². The summed E-state index contributed by atoms with van der Waals surface area (Å²) in [6, 6.07) is 81.0. The summed E-state index contributed by atoms with van der Waals surface area (Å²) in [4.78, 5) is 0. The van der Waals surface area contributed by atoms with Crippen molar-refractivity contribution >= 4 is 75.9 Å². The van der Waals surface area contributed by atoms with Crippen molar-refractivity contribution < 1.29 is 0 Å². The molecule has 0 N–H and O–H groups in total. The van der Waals surface area contributed by atoms with Gasteiger partial charge in [-0.1, -0.05) is 176 Å². The fourth-order valence-electron chi connectivity index (χ4n) is 11.0. The van der Waals surface area contributed by atoms with Crippen LogP contribution >= 0.6 is 0 Å². The molecule has 0 spiro atoms. The third-order valence-corrected chi connectivity index (χ3v) is 13.7. The second kappa shape index (κ2) is 12.7. The van der Waals surface area contributed by atoms with E-state index in [2.05, 4.69) is 228 Å². The first-order chi connectivity index (χ1) is 30.8. The Morgan fingerprint density at radius 2 is 0.839 bits per heavy atom. The normalized spacial score (nSPS) is 12.2. The Bertz CT molecular complexity index is 4000. The number of nitrogens with zero attached hydrogens (tertiary/aromatic N) is 2. The molecule has 1 aliphatic carbocycles. The molecule has 1 aliphatic rings. The van der Waals surface area contributed by atoms with E-state index < -0.39 is 0 Å². The highest BCUT2D eigenvalue weighted by Crippen LogP contribution is 2.50. The maximum atomic E-state index is 2.53. The first-order valence-electron chi connectivity index (χ1n) is 21.5. The maximum Gasteiger partial charge on any atom is 0.0619 e. The molecule has 2 aromatic heterocycles. The van der Waals surface area contributed by atoms with Gasteiger partial charge < -0.3 is 9.13 Å². The lowest BCUT2D eigenvalue weighted by Crippen LogP contribution is -1.97. The fraction of sp³-hybridized carbons (Fsp3) is 0. The lowest BCUT2D eigenvalue weighted by molar-refractivity contribution is 1.18. The Kier molecular flexibility index (Phi) is 6.86. The minimum absolute atomic E-state index is 1.17. The van der Waals surface area contributed by atoms with Crippen molar-refractivity contribution in [2.45, 2.75) is 0 Å². The molecule has 0 aliphatic heterocycles. The van der Waals surface area contributed by atoms with Crippen molar-refractivity contribution in [3.8, 4) is 55.9 Å². The van der Waals surface area contributed by atoms with Crippen LogP contribution in [0.4, 0.5) is 0 Å². The van der Waals surface area contributed by atoms with E-state index in [-0.39, 0.29) is 0 Å². The van der Waals surface area contributed by atoms with Gasteiger partial charge in [0.25, 0.3) is 0 Å². The van der Waals surface area contributed by atoms with Crippen LogP contribution in [0.25, 0.3) is 132 Å². The molecule has 0 bridgehead atoms. The SMILES string of the molecule is c1ccc(-n2c3ccccc3c3ccc(-c4ccc5c(c4)c4ccc6ccccc6c4n5-c4cccc5c(-c6ccc7c8c(cccc68)-c6ccccc6-7)cccc45)cc32)cc1. The van der Waals surface area contributed by atoms with Crippen LogP contribution in [0.3, 0.4) is 0 Å². The summed E-state index contributed by atoms with van der Waals surface area (Å²) in [5.41, 5.74) is 17.4. The minimum atomic E-state index is 1.17. The van der Waals surface area contributed by atoms with Crippen LogP contribution < -0.4 is 0 Å². The molecule has 0 saturated carbocycles. The fourth-order valence-corrected chi connectivity index (χ4v) is 11.0. The Labute approximate surface area is 357 Å². The van der Waals surface area contributed by atoms with Crippen molar-refractivity contribution in [3.63, 3.8) is 0 Å². The van der Waals surface area contributed by atoms with Crippen molar-refractivity contribution in [3.05, 3.63) is 218 Å². The largest absolute Gasteiger partial charge is 0.309 e. The van der Waals surface area contributed by atoms with Gasteiger partial charge in [0.1, 0.15) is 0 Å². The first-order valence-corrected chi connectivity index (χ1v) is 21.5. The second-order valence-electron chi connectivity index (χ2n) is 16.8. The van der Waals surface area contributed by atoms with Crippen molar-refractivity contribution in [1.82, 2.24) is 9.13 Å². The van der Waals surface area contributed by atoms with Crippen molar-refractivity contribution in [1.29, 1.82) is 0 Å². The maximum absolute atomic E-state index is 2.53. The molecule has 13 aromatic rings. The average Bonchev–Trinajstić information content (AvgIpc) is 3.98. The highest BCUT2D eigenvalue weighted by atomic mass is 15.0. The molecule has 11 aromatic carbocycles. The van der Waals surface area contributed by atoms with E-state index in [0.29, 0.717) is 0 Å². The number of hydrogen-bond acceptors (Lipinski definition) is 0. The van der Waals surface area contributed by atoms with E-state index in [1.807, 2.05) is 0 Å². The van der Waals surface area contributed by atoms with Gasteiger partial charge in [-0.15, -0.1) is 0 Å². The number of benzene rings is 11. The zero-order valence-corrected chi connectivity index (χ0v) is 33.7. The molecule has 2 heteroatoms.